The van der Waals surface area contributed by atoms with Gasteiger partial charge in [0.2, 0.25) is 5.91 Å². The lowest BCUT2D eigenvalue weighted by molar-refractivity contribution is -0.134. The molecule has 0 aromatic heterocycles. The molecule has 1 atom stereocenters. The molecular weight excluding hydrogens is 250 g/mol. The van der Waals surface area contributed by atoms with E-state index in [1.165, 1.54) is 5.69 Å². The molecule has 1 unspecified atom stereocenters. The van der Waals surface area contributed by atoms with Crippen LogP contribution >= 0.6 is 0 Å². The summed E-state index contributed by atoms with van der Waals surface area (Å²) in [6.07, 6.45) is 2.05. The number of para-hydroxylation sites is 1. The highest BCUT2D eigenvalue weighted by Crippen LogP contribution is 2.18. The number of hydrogen-bond acceptors (Lipinski definition) is 3. The second kappa shape index (κ2) is 6.27. The molecule has 108 valence electrons. The van der Waals surface area contributed by atoms with Gasteiger partial charge in [-0.25, -0.2) is 0 Å². The van der Waals surface area contributed by atoms with Gasteiger partial charge in [-0.05, 0) is 31.5 Å². The first-order chi connectivity index (χ1) is 9.84. The topological polar surface area (TPSA) is 35.6 Å². The maximum atomic E-state index is 12.5. The quantitative estimate of drug-likeness (QED) is 0.883. The lowest BCUT2D eigenvalue weighted by Crippen LogP contribution is -2.39. The lowest BCUT2D eigenvalue weighted by Gasteiger charge is -2.25. The van der Waals surface area contributed by atoms with E-state index in [4.69, 9.17) is 0 Å². The van der Waals surface area contributed by atoms with Crippen LogP contribution in [-0.4, -0.2) is 50.1 Å². The fourth-order valence-corrected chi connectivity index (χ4v) is 3.16. The Morgan fingerprint density at radius 3 is 2.70 bits per heavy atom. The summed E-state index contributed by atoms with van der Waals surface area (Å²) in [5.41, 5.74) is 1.27. The first-order valence-corrected chi connectivity index (χ1v) is 7.64. The number of nitrogens with one attached hydrogen (secondary N) is 1. The minimum absolute atomic E-state index is 0.207. The van der Waals surface area contributed by atoms with E-state index in [2.05, 4.69) is 39.4 Å². The van der Waals surface area contributed by atoms with Crippen LogP contribution in [0.4, 0.5) is 5.69 Å². The van der Waals surface area contributed by atoms with Crippen LogP contribution in [0.2, 0.25) is 0 Å². The van der Waals surface area contributed by atoms with Crippen molar-refractivity contribution in [3.05, 3.63) is 30.3 Å². The van der Waals surface area contributed by atoms with E-state index in [1.54, 1.807) is 0 Å². The molecule has 2 heterocycles. The van der Waals surface area contributed by atoms with Gasteiger partial charge in [0, 0.05) is 38.4 Å². The van der Waals surface area contributed by atoms with E-state index >= 15 is 0 Å². The first kappa shape index (κ1) is 13.4. The van der Waals surface area contributed by atoms with Crippen molar-refractivity contribution in [3.63, 3.8) is 0 Å². The molecule has 0 bridgehead atoms. The summed E-state index contributed by atoms with van der Waals surface area (Å²) in [6, 6.07) is 10.5. The number of carbonyl (C=O) groups is 1. The largest absolute Gasteiger partial charge is 0.370 e. The molecule has 1 N–H and O–H groups in total. The van der Waals surface area contributed by atoms with Crippen molar-refractivity contribution in [2.75, 3.05) is 44.2 Å². The predicted molar refractivity (Wildman–Crippen MR) is 80.8 cm³/mol. The number of hydrogen-bond donors (Lipinski definition) is 1. The number of nitrogens with zero attached hydrogens (tertiary/aromatic N) is 2. The molecule has 1 aromatic rings. The average molecular weight is 273 g/mol. The second-order valence-corrected chi connectivity index (χ2v) is 5.69. The summed E-state index contributed by atoms with van der Waals surface area (Å²) in [5.74, 6) is 0.559. The fraction of sp³-hybridized carbons (Fsp3) is 0.562. The molecule has 1 aromatic carbocycles. The number of rotatable bonds is 2. The van der Waals surface area contributed by atoms with Crippen molar-refractivity contribution in [1.82, 2.24) is 10.2 Å². The molecule has 2 saturated heterocycles. The van der Waals surface area contributed by atoms with Crippen molar-refractivity contribution >= 4 is 11.6 Å². The standard InChI is InChI=1S/C16H23N3O/c20-16(14-7-8-17-13-14)19-10-4-9-18(11-12-19)15-5-2-1-3-6-15/h1-3,5-6,14,17H,4,7-13H2. The third-order valence-corrected chi connectivity index (χ3v) is 4.34. The third kappa shape index (κ3) is 2.96. The number of benzene rings is 1. The van der Waals surface area contributed by atoms with Crippen molar-refractivity contribution in [2.24, 2.45) is 5.92 Å². The monoisotopic (exact) mass is 273 g/mol. The number of amides is 1. The highest BCUT2D eigenvalue weighted by molar-refractivity contribution is 5.79. The molecule has 3 rings (SSSR count). The van der Waals surface area contributed by atoms with Gasteiger partial charge in [0.1, 0.15) is 0 Å². The van der Waals surface area contributed by atoms with Crippen LogP contribution in [0.25, 0.3) is 0 Å². The van der Waals surface area contributed by atoms with E-state index in [1.807, 2.05) is 6.07 Å². The van der Waals surface area contributed by atoms with E-state index in [-0.39, 0.29) is 5.92 Å². The SMILES string of the molecule is O=C(C1CCNC1)N1CCCN(c2ccccc2)CC1. The van der Waals surface area contributed by atoms with Gasteiger partial charge in [-0.2, -0.15) is 0 Å². The summed E-state index contributed by atoms with van der Waals surface area (Å²) in [6.45, 7) is 5.58. The Labute approximate surface area is 120 Å². The fourth-order valence-electron chi connectivity index (χ4n) is 3.16. The zero-order valence-electron chi connectivity index (χ0n) is 11.9. The molecule has 1 amide bonds. The molecule has 4 nitrogen and oxygen atoms in total. The molecule has 2 aliphatic heterocycles. The summed E-state index contributed by atoms with van der Waals surface area (Å²) >= 11 is 0. The molecule has 4 heteroatoms. The summed E-state index contributed by atoms with van der Waals surface area (Å²) in [7, 11) is 0. The van der Waals surface area contributed by atoms with E-state index in [9.17, 15) is 4.79 Å². The summed E-state index contributed by atoms with van der Waals surface area (Å²) in [5, 5.41) is 3.28. The summed E-state index contributed by atoms with van der Waals surface area (Å²) < 4.78 is 0. The number of anilines is 1. The third-order valence-electron chi connectivity index (χ3n) is 4.34. The molecule has 20 heavy (non-hydrogen) atoms. The van der Waals surface area contributed by atoms with Gasteiger partial charge < -0.3 is 15.1 Å². The normalized spacial score (nSPS) is 23.7. The van der Waals surface area contributed by atoms with Crippen molar-refractivity contribution < 1.29 is 4.79 Å². The van der Waals surface area contributed by atoms with Crippen LogP contribution in [0.5, 0.6) is 0 Å². The molecule has 0 saturated carbocycles. The molecule has 0 radical (unpaired) electrons. The van der Waals surface area contributed by atoms with E-state index in [0.29, 0.717) is 5.91 Å². The first-order valence-electron chi connectivity index (χ1n) is 7.64. The summed E-state index contributed by atoms with van der Waals surface area (Å²) in [4.78, 5) is 16.9. The maximum absolute atomic E-state index is 12.5. The van der Waals surface area contributed by atoms with Gasteiger partial charge in [0.15, 0.2) is 0 Å². The highest BCUT2D eigenvalue weighted by Gasteiger charge is 2.28. The Morgan fingerprint density at radius 1 is 1.10 bits per heavy atom. The van der Waals surface area contributed by atoms with Gasteiger partial charge in [0.25, 0.3) is 0 Å². The predicted octanol–water partition coefficient (Wildman–Crippen LogP) is 1.33. The van der Waals surface area contributed by atoms with E-state index < -0.39 is 0 Å². The minimum Gasteiger partial charge on any atom is -0.370 e. The number of carbonyl (C=O) groups excluding carboxylic acids is 1. The van der Waals surface area contributed by atoms with Crippen molar-refractivity contribution in [2.45, 2.75) is 12.8 Å². The van der Waals surface area contributed by atoms with Crippen LogP contribution in [0.15, 0.2) is 30.3 Å². The zero-order chi connectivity index (χ0) is 13.8. The van der Waals surface area contributed by atoms with Crippen LogP contribution in [0, 0.1) is 5.92 Å². The smallest absolute Gasteiger partial charge is 0.227 e. The Morgan fingerprint density at radius 2 is 1.95 bits per heavy atom. The molecule has 0 spiro atoms. The highest BCUT2D eigenvalue weighted by atomic mass is 16.2. The molecule has 0 aliphatic carbocycles. The molecular formula is C16H23N3O. The molecule has 2 aliphatic rings. The van der Waals surface area contributed by atoms with Gasteiger partial charge >= 0.3 is 0 Å². The van der Waals surface area contributed by atoms with Gasteiger partial charge in [0.05, 0.1) is 5.92 Å². The second-order valence-electron chi connectivity index (χ2n) is 5.69. The Hall–Kier alpha value is -1.55. The van der Waals surface area contributed by atoms with Crippen molar-refractivity contribution in [3.8, 4) is 0 Å². The van der Waals surface area contributed by atoms with Crippen LogP contribution < -0.4 is 10.2 Å². The van der Waals surface area contributed by atoms with Gasteiger partial charge in [-0.1, -0.05) is 18.2 Å². The van der Waals surface area contributed by atoms with Crippen LogP contribution in [0.1, 0.15) is 12.8 Å². The zero-order valence-corrected chi connectivity index (χ0v) is 11.9. The average Bonchev–Trinajstić information content (AvgIpc) is 2.92. The Kier molecular flexibility index (Phi) is 4.21. The Bertz CT molecular complexity index is 442. The lowest BCUT2D eigenvalue weighted by atomic mass is 10.1. The van der Waals surface area contributed by atoms with Gasteiger partial charge in [-0.3, -0.25) is 4.79 Å². The molecule has 2 fully saturated rings. The maximum Gasteiger partial charge on any atom is 0.227 e. The minimum atomic E-state index is 0.207. The van der Waals surface area contributed by atoms with Gasteiger partial charge in [-0.15, -0.1) is 0 Å². The van der Waals surface area contributed by atoms with Crippen LogP contribution in [-0.2, 0) is 4.79 Å². The van der Waals surface area contributed by atoms with Crippen molar-refractivity contribution in [1.29, 1.82) is 0 Å². The van der Waals surface area contributed by atoms with E-state index in [0.717, 1.165) is 52.1 Å². The Balaban J connectivity index is 1.60. The van der Waals surface area contributed by atoms with Crippen LogP contribution in [0.3, 0.4) is 0 Å².